The fourth-order valence-electron chi connectivity index (χ4n) is 1.41. The lowest BCUT2D eigenvalue weighted by Gasteiger charge is -2.05. The molecule has 1 heterocycles. The highest BCUT2D eigenvalue weighted by Gasteiger charge is 2.08. The predicted molar refractivity (Wildman–Crippen MR) is 77.0 cm³/mol. The second-order valence-corrected chi connectivity index (χ2v) is 6.38. The highest BCUT2D eigenvalue weighted by atomic mass is 35.5. The summed E-state index contributed by atoms with van der Waals surface area (Å²) in [5, 5.41) is 1.82. The van der Waals surface area contributed by atoms with Crippen LogP contribution in [0, 0.1) is 13.8 Å². The van der Waals surface area contributed by atoms with Gasteiger partial charge in [0.05, 0.1) is 16.5 Å². The van der Waals surface area contributed by atoms with Gasteiger partial charge in [0, 0.05) is 15.5 Å². The maximum Gasteiger partial charge on any atom is 0.103 e. The minimum atomic E-state index is 0.708. The maximum absolute atomic E-state index is 6.11. The Balaban J connectivity index is 2.12. The van der Waals surface area contributed by atoms with Gasteiger partial charge in [0.2, 0.25) is 0 Å². The zero-order chi connectivity index (χ0) is 12.4. The number of aryl methyl sites for hydroxylation is 2. The molecule has 0 atom stereocenters. The zero-order valence-corrected chi connectivity index (χ0v) is 12.0. The van der Waals surface area contributed by atoms with Crippen LogP contribution in [0.1, 0.15) is 15.6 Å². The highest BCUT2D eigenvalue weighted by Crippen LogP contribution is 2.35. The number of aromatic nitrogens is 1. The van der Waals surface area contributed by atoms with Crippen LogP contribution in [-0.4, -0.2) is 4.98 Å². The monoisotopic (exact) mass is 284 g/mol. The Morgan fingerprint density at radius 3 is 2.76 bits per heavy atom. The molecule has 1 aromatic carbocycles. The van der Waals surface area contributed by atoms with Crippen molar-refractivity contribution in [3.05, 3.63) is 38.8 Å². The van der Waals surface area contributed by atoms with Gasteiger partial charge in [-0.05, 0) is 26.0 Å². The Morgan fingerprint density at radius 2 is 2.18 bits per heavy atom. The number of hydrogen-bond acceptors (Lipinski definition) is 4. The smallest absolute Gasteiger partial charge is 0.103 e. The van der Waals surface area contributed by atoms with Gasteiger partial charge in [-0.25, -0.2) is 4.98 Å². The third-order valence-corrected chi connectivity index (χ3v) is 5.25. The van der Waals surface area contributed by atoms with E-state index in [1.165, 1.54) is 4.88 Å². The number of halogens is 1. The molecule has 0 amide bonds. The average Bonchev–Trinajstić information content (AvgIpc) is 2.58. The fourth-order valence-corrected chi connectivity index (χ4v) is 3.67. The molecule has 17 heavy (non-hydrogen) atoms. The molecule has 0 bridgehead atoms. The molecule has 2 aromatic rings. The number of rotatable bonds is 3. The number of anilines is 1. The van der Waals surface area contributed by atoms with Gasteiger partial charge in [-0.15, -0.1) is 23.1 Å². The molecule has 0 aliphatic heterocycles. The van der Waals surface area contributed by atoms with Gasteiger partial charge in [-0.2, -0.15) is 0 Å². The third-order valence-electron chi connectivity index (χ3n) is 2.41. The van der Waals surface area contributed by atoms with E-state index in [1.807, 2.05) is 25.1 Å². The topological polar surface area (TPSA) is 38.9 Å². The van der Waals surface area contributed by atoms with Gasteiger partial charge in [-0.1, -0.05) is 17.7 Å². The summed E-state index contributed by atoms with van der Waals surface area (Å²) < 4.78 is 0. The van der Waals surface area contributed by atoms with E-state index in [2.05, 4.69) is 11.9 Å². The molecule has 90 valence electrons. The number of benzene rings is 1. The molecule has 0 saturated carbocycles. The van der Waals surface area contributed by atoms with E-state index in [1.54, 1.807) is 23.1 Å². The standard InChI is InChI=1S/C12H13ClN2S2/c1-7-8(2)17-11(15-7)6-16-12-9(13)4-3-5-10(12)14/h3-5H,6,14H2,1-2H3. The molecular weight excluding hydrogens is 272 g/mol. The van der Waals surface area contributed by atoms with Gasteiger partial charge in [-0.3, -0.25) is 0 Å². The van der Waals surface area contributed by atoms with Crippen LogP contribution in [0.3, 0.4) is 0 Å². The molecule has 0 unspecified atom stereocenters. The van der Waals surface area contributed by atoms with E-state index in [0.717, 1.165) is 27.0 Å². The number of thiazole rings is 1. The van der Waals surface area contributed by atoms with Crippen molar-refractivity contribution >= 4 is 40.4 Å². The zero-order valence-electron chi connectivity index (χ0n) is 9.66. The summed E-state index contributed by atoms with van der Waals surface area (Å²) in [5.74, 6) is 0.813. The van der Waals surface area contributed by atoms with Gasteiger partial charge in [0.15, 0.2) is 0 Å². The summed E-state index contributed by atoms with van der Waals surface area (Å²) in [6.45, 7) is 4.12. The summed E-state index contributed by atoms with van der Waals surface area (Å²) >= 11 is 9.48. The summed E-state index contributed by atoms with van der Waals surface area (Å²) in [6.07, 6.45) is 0. The van der Waals surface area contributed by atoms with Crippen molar-refractivity contribution in [2.24, 2.45) is 0 Å². The van der Waals surface area contributed by atoms with E-state index in [9.17, 15) is 0 Å². The fraction of sp³-hybridized carbons (Fsp3) is 0.250. The Hall–Kier alpha value is -0.710. The van der Waals surface area contributed by atoms with Crippen LogP contribution in [0.5, 0.6) is 0 Å². The van der Waals surface area contributed by atoms with Crippen LogP contribution < -0.4 is 5.73 Å². The van der Waals surface area contributed by atoms with Crippen molar-refractivity contribution in [2.75, 3.05) is 5.73 Å². The molecule has 0 radical (unpaired) electrons. The van der Waals surface area contributed by atoms with Gasteiger partial charge >= 0.3 is 0 Å². The Kier molecular flexibility index (Phi) is 3.97. The molecular formula is C12H13ClN2S2. The van der Waals surface area contributed by atoms with Crippen LogP contribution in [0.2, 0.25) is 5.02 Å². The molecule has 1 aromatic heterocycles. The van der Waals surface area contributed by atoms with Gasteiger partial charge in [0.1, 0.15) is 5.01 Å². The van der Waals surface area contributed by atoms with Gasteiger partial charge in [0.25, 0.3) is 0 Å². The average molecular weight is 285 g/mol. The first-order valence-corrected chi connectivity index (χ1v) is 7.35. The lowest BCUT2D eigenvalue weighted by atomic mass is 10.3. The van der Waals surface area contributed by atoms with E-state index in [0.29, 0.717) is 5.02 Å². The molecule has 0 spiro atoms. The minimum Gasteiger partial charge on any atom is -0.398 e. The van der Waals surface area contributed by atoms with Crippen molar-refractivity contribution in [3.8, 4) is 0 Å². The summed E-state index contributed by atoms with van der Waals surface area (Å²) in [6, 6.07) is 5.59. The second-order valence-electron chi connectivity index (χ2n) is 3.70. The van der Waals surface area contributed by atoms with Crippen molar-refractivity contribution < 1.29 is 0 Å². The molecule has 2 rings (SSSR count). The number of nitrogens with two attached hydrogens (primary N) is 1. The first-order chi connectivity index (χ1) is 8.08. The Morgan fingerprint density at radius 1 is 1.41 bits per heavy atom. The normalized spacial score (nSPS) is 10.8. The first kappa shape index (κ1) is 12.7. The Labute approximate surface area is 114 Å². The van der Waals surface area contributed by atoms with Crippen LogP contribution >= 0.6 is 34.7 Å². The molecule has 0 aliphatic rings. The molecule has 0 aliphatic carbocycles. The number of hydrogen-bond donors (Lipinski definition) is 1. The maximum atomic E-state index is 6.11. The van der Waals surface area contributed by atoms with E-state index in [4.69, 9.17) is 17.3 Å². The predicted octanol–water partition coefficient (Wildman–Crippen LogP) is 4.29. The van der Waals surface area contributed by atoms with E-state index >= 15 is 0 Å². The molecule has 2 nitrogen and oxygen atoms in total. The Bertz CT molecular complexity index is 498. The van der Waals surface area contributed by atoms with Crippen molar-refractivity contribution in [2.45, 2.75) is 24.5 Å². The van der Waals surface area contributed by atoms with Gasteiger partial charge < -0.3 is 5.73 Å². The first-order valence-electron chi connectivity index (χ1n) is 5.17. The van der Waals surface area contributed by atoms with Crippen LogP contribution in [0.25, 0.3) is 0 Å². The lowest BCUT2D eigenvalue weighted by Crippen LogP contribution is -1.89. The largest absolute Gasteiger partial charge is 0.398 e. The molecule has 2 N–H and O–H groups in total. The summed E-state index contributed by atoms with van der Waals surface area (Å²) in [5.41, 5.74) is 7.74. The van der Waals surface area contributed by atoms with Crippen molar-refractivity contribution in [1.82, 2.24) is 4.98 Å². The van der Waals surface area contributed by atoms with Crippen LogP contribution in [0.15, 0.2) is 23.1 Å². The van der Waals surface area contributed by atoms with E-state index < -0.39 is 0 Å². The third kappa shape index (κ3) is 2.94. The van der Waals surface area contributed by atoms with Crippen molar-refractivity contribution in [1.29, 1.82) is 0 Å². The van der Waals surface area contributed by atoms with Crippen LogP contribution in [0.4, 0.5) is 5.69 Å². The van der Waals surface area contributed by atoms with E-state index in [-0.39, 0.29) is 0 Å². The van der Waals surface area contributed by atoms with Crippen molar-refractivity contribution in [3.63, 3.8) is 0 Å². The number of thioether (sulfide) groups is 1. The lowest BCUT2D eigenvalue weighted by molar-refractivity contribution is 1.16. The molecule has 0 saturated heterocycles. The highest BCUT2D eigenvalue weighted by molar-refractivity contribution is 7.98. The quantitative estimate of drug-likeness (QED) is 0.675. The summed E-state index contributed by atoms with van der Waals surface area (Å²) in [4.78, 5) is 6.71. The van der Waals surface area contributed by atoms with Crippen LogP contribution in [-0.2, 0) is 5.75 Å². The molecule has 5 heteroatoms. The minimum absolute atomic E-state index is 0.708. The number of nitrogens with zero attached hydrogens (tertiary/aromatic N) is 1. The SMILES string of the molecule is Cc1nc(CSc2c(N)cccc2Cl)sc1C. The molecule has 0 fully saturated rings. The second kappa shape index (κ2) is 5.29. The number of nitrogen functional groups attached to an aromatic ring is 1. The summed E-state index contributed by atoms with van der Waals surface area (Å²) in [7, 11) is 0.